The third-order valence-corrected chi connectivity index (χ3v) is 9.83. The van der Waals surface area contributed by atoms with Gasteiger partial charge in [-0.05, 0) is 76.4 Å². The fraction of sp³-hybridized carbons (Fsp3) is 0.457. The van der Waals surface area contributed by atoms with Gasteiger partial charge in [0.25, 0.3) is 5.91 Å². The van der Waals surface area contributed by atoms with Gasteiger partial charge in [0.05, 0.1) is 47.4 Å². The topological polar surface area (TPSA) is 99.6 Å². The number of amides is 3. The van der Waals surface area contributed by atoms with Crippen molar-refractivity contribution < 1.29 is 29.0 Å². The van der Waals surface area contributed by atoms with Crippen LogP contribution in [-0.4, -0.2) is 77.3 Å². The van der Waals surface area contributed by atoms with Crippen LogP contribution in [0.4, 0.5) is 11.4 Å². The number of aliphatic hydroxyl groups excluding tert-OH is 1. The Morgan fingerprint density at radius 1 is 1.13 bits per heavy atom. The number of anilines is 2. The maximum Gasteiger partial charge on any atom is 0.253 e. The molecule has 6 atom stereocenters. The van der Waals surface area contributed by atoms with E-state index in [1.165, 1.54) is 9.80 Å². The minimum Gasteiger partial charge on any atom is -0.494 e. The van der Waals surface area contributed by atoms with Crippen molar-refractivity contribution in [3.8, 4) is 5.75 Å². The van der Waals surface area contributed by atoms with E-state index < -0.39 is 41.0 Å². The molecule has 9 nitrogen and oxygen atoms in total. The average Bonchev–Trinajstić information content (AvgIpc) is 3.59. The Morgan fingerprint density at radius 2 is 1.80 bits per heavy atom. The van der Waals surface area contributed by atoms with Crippen LogP contribution in [-0.2, 0) is 19.1 Å². The number of aryl methyl sites for hydroxylation is 1. The molecule has 0 aromatic heterocycles. The van der Waals surface area contributed by atoms with Crippen molar-refractivity contribution >= 4 is 40.7 Å². The molecule has 2 aromatic carbocycles. The number of aliphatic hydroxyl groups is 1. The lowest BCUT2D eigenvalue weighted by Crippen LogP contribution is -2.58. The van der Waals surface area contributed by atoms with Crippen LogP contribution in [0.25, 0.3) is 0 Å². The van der Waals surface area contributed by atoms with Crippen LogP contribution in [0.2, 0.25) is 5.02 Å². The Bertz CT molecular complexity index is 1480. The fourth-order valence-corrected chi connectivity index (χ4v) is 7.95. The maximum atomic E-state index is 14.8. The first-order valence-electron chi connectivity index (χ1n) is 15.4. The van der Waals surface area contributed by atoms with E-state index in [9.17, 15) is 19.5 Å². The van der Waals surface area contributed by atoms with Gasteiger partial charge in [0, 0.05) is 18.8 Å². The van der Waals surface area contributed by atoms with E-state index in [-0.39, 0.29) is 31.5 Å². The zero-order chi connectivity index (χ0) is 32.7. The highest BCUT2D eigenvalue weighted by Crippen LogP contribution is 2.64. The molecule has 5 rings (SSSR count). The third-order valence-electron chi connectivity index (χ3n) is 9.53. The van der Waals surface area contributed by atoms with E-state index in [0.717, 1.165) is 5.56 Å². The van der Waals surface area contributed by atoms with E-state index in [0.29, 0.717) is 41.6 Å². The van der Waals surface area contributed by atoms with Crippen molar-refractivity contribution in [1.29, 1.82) is 0 Å². The van der Waals surface area contributed by atoms with Gasteiger partial charge in [0.1, 0.15) is 17.4 Å². The number of hydrogen-bond donors (Lipinski definition) is 1. The zero-order valence-electron chi connectivity index (χ0n) is 26.4. The summed E-state index contributed by atoms with van der Waals surface area (Å²) < 4.78 is 12.4. The largest absolute Gasteiger partial charge is 0.494 e. The first-order valence-corrected chi connectivity index (χ1v) is 15.8. The first-order chi connectivity index (χ1) is 21.5. The predicted octanol–water partition coefficient (Wildman–Crippen LogP) is 4.93. The lowest BCUT2D eigenvalue weighted by atomic mass is 9.66. The summed E-state index contributed by atoms with van der Waals surface area (Å²) in [5.41, 5.74) is -0.329. The lowest BCUT2D eigenvalue weighted by molar-refractivity contribution is -0.147. The number of carbonyl (C=O) groups excluding carboxylic acids is 3. The van der Waals surface area contributed by atoms with Gasteiger partial charge in [0.2, 0.25) is 11.8 Å². The number of likely N-dealkylation sites (tertiary alicyclic amines) is 1. The Balaban J connectivity index is 1.60. The van der Waals surface area contributed by atoms with Crippen LogP contribution >= 0.6 is 11.6 Å². The van der Waals surface area contributed by atoms with Crippen LogP contribution in [0.1, 0.15) is 39.2 Å². The average molecular weight is 636 g/mol. The van der Waals surface area contributed by atoms with E-state index in [4.69, 9.17) is 21.1 Å². The molecular formula is C35H42ClN3O6. The summed E-state index contributed by atoms with van der Waals surface area (Å²) in [6.45, 7) is 15.6. The number of rotatable bonds is 12. The van der Waals surface area contributed by atoms with Crippen LogP contribution in [0.3, 0.4) is 0 Å². The van der Waals surface area contributed by atoms with Crippen LogP contribution < -0.4 is 14.5 Å². The summed E-state index contributed by atoms with van der Waals surface area (Å²) in [6, 6.07) is 10.8. The molecule has 3 amide bonds. The van der Waals surface area contributed by atoms with Crippen molar-refractivity contribution in [2.75, 3.05) is 36.1 Å². The molecule has 2 aromatic rings. The molecule has 1 spiro atoms. The second-order valence-electron chi connectivity index (χ2n) is 12.3. The molecule has 240 valence electrons. The van der Waals surface area contributed by atoms with Gasteiger partial charge in [-0.2, -0.15) is 0 Å². The first kappa shape index (κ1) is 32.7. The van der Waals surface area contributed by atoms with Gasteiger partial charge in [-0.1, -0.05) is 35.9 Å². The minimum absolute atomic E-state index is 0.140. The summed E-state index contributed by atoms with van der Waals surface area (Å²) in [5.74, 6) is -2.17. The molecule has 2 unspecified atom stereocenters. The molecule has 45 heavy (non-hydrogen) atoms. The molecule has 3 aliphatic rings. The van der Waals surface area contributed by atoms with Crippen molar-refractivity contribution in [2.24, 2.45) is 11.8 Å². The Kier molecular flexibility index (Phi) is 9.18. The smallest absolute Gasteiger partial charge is 0.253 e. The molecule has 0 aliphatic carbocycles. The van der Waals surface area contributed by atoms with Crippen molar-refractivity contribution in [1.82, 2.24) is 4.90 Å². The number of fused-ring (bicyclic) bond motifs is 1. The molecular weight excluding hydrogens is 594 g/mol. The lowest BCUT2D eigenvalue weighted by Gasteiger charge is -2.39. The number of para-hydroxylation sites is 1. The second-order valence-corrected chi connectivity index (χ2v) is 12.7. The summed E-state index contributed by atoms with van der Waals surface area (Å²) in [7, 11) is 0. The predicted molar refractivity (Wildman–Crippen MR) is 175 cm³/mol. The van der Waals surface area contributed by atoms with E-state index in [1.807, 2.05) is 32.9 Å². The van der Waals surface area contributed by atoms with E-state index in [1.54, 1.807) is 54.3 Å². The number of nitrogens with zero attached hydrogens (tertiary/aromatic N) is 3. The molecule has 2 bridgehead atoms. The van der Waals surface area contributed by atoms with E-state index >= 15 is 0 Å². The molecule has 3 saturated heterocycles. The van der Waals surface area contributed by atoms with Crippen LogP contribution in [0, 0.1) is 18.8 Å². The second kappa shape index (κ2) is 12.6. The number of benzene rings is 2. The minimum atomic E-state index is -1.28. The zero-order valence-corrected chi connectivity index (χ0v) is 27.1. The third kappa shape index (κ3) is 5.24. The highest BCUT2D eigenvalue weighted by Gasteiger charge is 2.78. The number of hydrogen-bond acceptors (Lipinski definition) is 6. The summed E-state index contributed by atoms with van der Waals surface area (Å²) >= 11 is 6.64. The quantitative estimate of drug-likeness (QED) is 0.332. The Hall–Kier alpha value is -3.66. The summed E-state index contributed by atoms with van der Waals surface area (Å²) in [5, 5.41) is 10.7. The van der Waals surface area contributed by atoms with E-state index in [2.05, 4.69) is 13.2 Å². The van der Waals surface area contributed by atoms with Gasteiger partial charge in [-0.3, -0.25) is 14.4 Å². The molecule has 3 heterocycles. The molecule has 0 radical (unpaired) electrons. The summed E-state index contributed by atoms with van der Waals surface area (Å²) in [4.78, 5) is 48.5. The Labute approximate surface area is 270 Å². The summed E-state index contributed by atoms with van der Waals surface area (Å²) in [6.07, 6.45) is 4.14. The molecule has 10 heteroatoms. The van der Waals surface area contributed by atoms with Crippen molar-refractivity contribution in [3.05, 3.63) is 78.4 Å². The fourth-order valence-electron chi connectivity index (χ4n) is 7.62. The SMILES string of the molecule is C=CCN(C(=O)[C@@H]1[C@H]2C(=O)N([C@H](C)CO)C(C(=O)N(CC=C)c3c(C)cccc3Cl)C23CC[C@@]1(C)O3)c1ccc(OCC)cc1. The monoisotopic (exact) mass is 635 g/mol. The van der Waals surface area contributed by atoms with Gasteiger partial charge in [0.15, 0.2) is 0 Å². The standard InChI is InChI=1S/C35H42ClN3O6/c1-7-19-37(24-13-15-25(16-14-24)44-9-3)31(41)27-28-32(42)39(23(5)21-40)30(35(28)18-17-34(27,6)45-35)33(43)38(20-8-2)29-22(4)11-10-12-26(29)36/h7-8,10-16,23,27-28,30,40H,1-2,9,17-21H2,3-6H3/t23-,27+,28+,30?,34-,35?/m1/s1. The van der Waals surface area contributed by atoms with Gasteiger partial charge >= 0.3 is 0 Å². The van der Waals surface area contributed by atoms with Crippen molar-refractivity contribution in [2.45, 2.75) is 63.8 Å². The maximum absolute atomic E-state index is 14.8. The molecule has 0 saturated carbocycles. The number of carbonyl (C=O) groups is 3. The highest BCUT2D eigenvalue weighted by molar-refractivity contribution is 6.34. The van der Waals surface area contributed by atoms with Crippen LogP contribution in [0.15, 0.2) is 67.8 Å². The molecule has 1 N–H and O–H groups in total. The van der Waals surface area contributed by atoms with Crippen LogP contribution in [0.5, 0.6) is 5.75 Å². The van der Waals surface area contributed by atoms with Gasteiger partial charge < -0.3 is 29.3 Å². The van der Waals surface area contributed by atoms with Gasteiger partial charge in [-0.15, -0.1) is 13.2 Å². The van der Waals surface area contributed by atoms with Crippen molar-refractivity contribution in [3.63, 3.8) is 0 Å². The highest BCUT2D eigenvalue weighted by atomic mass is 35.5. The van der Waals surface area contributed by atoms with Gasteiger partial charge in [-0.25, -0.2) is 0 Å². The number of ether oxygens (including phenoxy) is 2. The normalized spacial score (nSPS) is 27.2. The molecule has 3 aliphatic heterocycles. The number of halogens is 1. The Morgan fingerprint density at radius 3 is 2.40 bits per heavy atom. The molecule has 3 fully saturated rings.